The van der Waals surface area contributed by atoms with Crippen molar-refractivity contribution in [1.82, 2.24) is 4.98 Å². The average Bonchev–Trinajstić information content (AvgIpc) is 2.56. The molecule has 0 radical (unpaired) electrons. The van der Waals surface area contributed by atoms with E-state index < -0.39 is 0 Å². The van der Waals surface area contributed by atoms with Gasteiger partial charge in [-0.25, -0.2) is 0 Å². The molecule has 1 aliphatic rings. The molecule has 0 bridgehead atoms. The van der Waals surface area contributed by atoms with Crippen LogP contribution in [0.3, 0.4) is 0 Å². The van der Waals surface area contributed by atoms with Crippen molar-refractivity contribution in [3.63, 3.8) is 0 Å². The molecule has 3 nitrogen and oxygen atoms in total. The Labute approximate surface area is 131 Å². The third kappa shape index (κ3) is 3.79. The molecule has 0 aliphatic heterocycles. The van der Waals surface area contributed by atoms with E-state index in [1.807, 2.05) is 24.3 Å². The Bertz CT molecular complexity index is 642. The number of benzene rings is 1. The summed E-state index contributed by atoms with van der Waals surface area (Å²) in [5.74, 6) is 0.770. The Morgan fingerprint density at radius 3 is 2.55 bits per heavy atom. The molecule has 0 amide bonds. The molecule has 0 saturated heterocycles. The van der Waals surface area contributed by atoms with Crippen molar-refractivity contribution >= 4 is 0 Å². The molecule has 1 aliphatic carbocycles. The summed E-state index contributed by atoms with van der Waals surface area (Å²) in [4.78, 5) is 14.9. The van der Waals surface area contributed by atoms with E-state index >= 15 is 0 Å². The SMILES string of the molecule is O=c1[nH]ccc(OC2CCCCC2)c1CCc1ccccc1. The van der Waals surface area contributed by atoms with Gasteiger partial charge < -0.3 is 9.72 Å². The van der Waals surface area contributed by atoms with E-state index in [4.69, 9.17) is 4.74 Å². The molecule has 1 fully saturated rings. The van der Waals surface area contributed by atoms with Gasteiger partial charge in [-0.05, 0) is 50.2 Å². The highest BCUT2D eigenvalue weighted by Crippen LogP contribution is 2.25. The minimum Gasteiger partial charge on any atom is -0.490 e. The fourth-order valence-corrected chi connectivity index (χ4v) is 3.12. The molecule has 1 aromatic carbocycles. The zero-order chi connectivity index (χ0) is 15.2. The molecule has 3 rings (SSSR count). The van der Waals surface area contributed by atoms with Crippen LogP contribution in [-0.2, 0) is 12.8 Å². The molecular weight excluding hydrogens is 274 g/mol. The van der Waals surface area contributed by atoms with Gasteiger partial charge in [0.25, 0.3) is 5.56 Å². The molecule has 2 aromatic rings. The number of aromatic amines is 1. The first kappa shape index (κ1) is 14.9. The highest BCUT2D eigenvalue weighted by molar-refractivity contribution is 5.31. The molecule has 0 spiro atoms. The highest BCUT2D eigenvalue weighted by Gasteiger charge is 2.17. The predicted octanol–water partition coefficient (Wildman–Crippen LogP) is 3.87. The van der Waals surface area contributed by atoms with E-state index in [9.17, 15) is 4.79 Å². The van der Waals surface area contributed by atoms with Crippen molar-refractivity contribution in [3.8, 4) is 5.75 Å². The van der Waals surface area contributed by atoms with Crippen LogP contribution in [0.1, 0.15) is 43.2 Å². The molecule has 1 aromatic heterocycles. The number of ether oxygens (including phenoxy) is 1. The summed E-state index contributed by atoms with van der Waals surface area (Å²) < 4.78 is 6.14. The molecule has 22 heavy (non-hydrogen) atoms. The van der Waals surface area contributed by atoms with Gasteiger partial charge >= 0.3 is 0 Å². The number of nitrogens with one attached hydrogen (secondary N) is 1. The van der Waals surface area contributed by atoms with Gasteiger partial charge in [-0.1, -0.05) is 36.8 Å². The molecule has 3 heteroatoms. The van der Waals surface area contributed by atoms with E-state index in [1.54, 1.807) is 6.20 Å². The topological polar surface area (TPSA) is 42.1 Å². The number of pyridine rings is 1. The minimum atomic E-state index is -0.0239. The molecule has 0 unspecified atom stereocenters. The number of H-pyrrole nitrogens is 1. The average molecular weight is 297 g/mol. The second kappa shape index (κ2) is 7.30. The summed E-state index contributed by atoms with van der Waals surface area (Å²) in [6.45, 7) is 0. The van der Waals surface area contributed by atoms with Crippen LogP contribution in [0.2, 0.25) is 0 Å². The van der Waals surface area contributed by atoms with Gasteiger partial charge in [0, 0.05) is 6.20 Å². The van der Waals surface area contributed by atoms with E-state index in [2.05, 4.69) is 17.1 Å². The van der Waals surface area contributed by atoms with Gasteiger partial charge in [0.2, 0.25) is 0 Å². The number of hydrogen-bond donors (Lipinski definition) is 1. The number of aromatic nitrogens is 1. The lowest BCUT2D eigenvalue weighted by Gasteiger charge is -2.24. The molecule has 116 valence electrons. The monoisotopic (exact) mass is 297 g/mol. The van der Waals surface area contributed by atoms with Gasteiger partial charge in [0.1, 0.15) is 5.75 Å². The van der Waals surface area contributed by atoms with Gasteiger partial charge in [-0.2, -0.15) is 0 Å². The van der Waals surface area contributed by atoms with Crippen LogP contribution in [0, 0.1) is 0 Å². The minimum absolute atomic E-state index is 0.0239. The normalized spacial score (nSPS) is 15.6. The van der Waals surface area contributed by atoms with E-state index in [-0.39, 0.29) is 11.7 Å². The first-order valence-corrected chi connectivity index (χ1v) is 8.24. The van der Waals surface area contributed by atoms with Crippen LogP contribution in [-0.4, -0.2) is 11.1 Å². The molecule has 0 atom stereocenters. The van der Waals surface area contributed by atoms with Crippen LogP contribution >= 0.6 is 0 Å². The third-order valence-corrected chi connectivity index (χ3v) is 4.37. The standard InChI is InChI=1S/C19H23NO2/c21-19-17(12-11-15-7-3-1-4-8-15)18(13-14-20-19)22-16-9-5-2-6-10-16/h1,3-4,7-8,13-14,16H,2,5-6,9-12H2,(H,20,21). The van der Waals surface area contributed by atoms with Crippen molar-refractivity contribution < 1.29 is 4.74 Å². The van der Waals surface area contributed by atoms with Crippen LogP contribution in [0.5, 0.6) is 5.75 Å². The quantitative estimate of drug-likeness (QED) is 0.910. The van der Waals surface area contributed by atoms with Crippen molar-refractivity contribution in [1.29, 1.82) is 0 Å². The zero-order valence-corrected chi connectivity index (χ0v) is 12.9. The Balaban J connectivity index is 1.73. The summed E-state index contributed by atoms with van der Waals surface area (Å²) in [5.41, 5.74) is 2.00. The van der Waals surface area contributed by atoms with Crippen LogP contribution in [0.15, 0.2) is 47.4 Å². The van der Waals surface area contributed by atoms with Crippen LogP contribution < -0.4 is 10.3 Å². The first-order chi connectivity index (χ1) is 10.8. The summed E-state index contributed by atoms with van der Waals surface area (Å²) in [7, 11) is 0. The van der Waals surface area contributed by atoms with Gasteiger partial charge in [-0.15, -0.1) is 0 Å². The van der Waals surface area contributed by atoms with Gasteiger partial charge in [0.05, 0.1) is 11.7 Å². The molecular formula is C19H23NO2. The van der Waals surface area contributed by atoms with E-state index in [0.717, 1.165) is 30.6 Å². The first-order valence-electron chi connectivity index (χ1n) is 8.24. The van der Waals surface area contributed by atoms with Crippen molar-refractivity contribution in [3.05, 3.63) is 64.1 Å². The fourth-order valence-electron chi connectivity index (χ4n) is 3.12. The summed E-state index contributed by atoms with van der Waals surface area (Å²) in [6.07, 6.45) is 9.49. The van der Waals surface area contributed by atoms with Crippen molar-refractivity contribution in [2.24, 2.45) is 0 Å². The maximum atomic E-state index is 12.2. The maximum absolute atomic E-state index is 12.2. The van der Waals surface area contributed by atoms with Crippen molar-refractivity contribution in [2.45, 2.75) is 51.0 Å². The molecule has 1 heterocycles. The van der Waals surface area contributed by atoms with E-state index in [0.29, 0.717) is 6.42 Å². The maximum Gasteiger partial charge on any atom is 0.254 e. The molecule has 1 saturated carbocycles. The lowest BCUT2D eigenvalue weighted by molar-refractivity contribution is 0.153. The van der Waals surface area contributed by atoms with Crippen molar-refractivity contribution in [2.75, 3.05) is 0 Å². The summed E-state index contributed by atoms with van der Waals surface area (Å²) in [6, 6.07) is 12.2. The number of hydrogen-bond acceptors (Lipinski definition) is 2. The highest BCUT2D eigenvalue weighted by atomic mass is 16.5. The van der Waals surface area contributed by atoms with Crippen LogP contribution in [0.4, 0.5) is 0 Å². The molecule has 1 N–H and O–H groups in total. The Hall–Kier alpha value is -2.03. The largest absolute Gasteiger partial charge is 0.490 e. The van der Waals surface area contributed by atoms with Gasteiger partial charge in [0.15, 0.2) is 0 Å². The fraction of sp³-hybridized carbons (Fsp3) is 0.421. The zero-order valence-electron chi connectivity index (χ0n) is 12.9. The Kier molecular flexibility index (Phi) is 4.94. The summed E-state index contributed by atoms with van der Waals surface area (Å²) >= 11 is 0. The second-order valence-corrected chi connectivity index (χ2v) is 6.01. The Morgan fingerprint density at radius 1 is 1.00 bits per heavy atom. The predicted molar refractivity (Wildman–Crippen MR) is 88.4 cm³/mol. The Morgan fingerprint density at radius 2 is 1.77 bits per heavy atom. The van der Waals surface area contributed by atoms with Crippen LogP contribution in [0.25, 0.3) is 0 Å². The number of rotatable bonds is 5. The third-order valence-electron chi connectivity index (χ3n) is 4.37. The number of aryl methyl sites for hydroxylation is 1. The van der Waals surface area contributed by atoms with Gasteiger partial charge in [-0.3, -0.25) is 4.79 Å². The smallest absolute Gasteiger partial charge is 0.254 e. The summed E-state index contributed by atoms with van der Waals surface area (Å²) in [5, 5.41) is 0. The lowest BCUT2D eigenvalue weighted by atomic mass is 9.97. The second-order valence-electron chi connectivity index (χ2n) is 6.01. The van der Waals surface area contributed by atoms with E-state index in [1.165, 1.54) is 24.8 Å². The lowest BCUT2D eigenvalue weighted by Crippen LogP contribution is -2.23.